The predicted octanol–water partition coefficient (Wildman–Crippen LogP) is 3.79. The fourth-order valence-electron chi connectivity index (χ4n) is 2.43. The van der Waals surface area contributed by atoms with Gasteiger partial charge in [-0.15, -0.1) is 0 Å². The molecule has 0 unspecified atom stereocenters. The molecule has 3 N–H and O–H groups in total. The summed E-state index contributed by atoms with van der Waals surface area (Å²) < 4.78 is 15.0. The fraction of sp³-hybridized carbons (Fsp3) is 0.286. The molecule has 9 nitrogen and oxygen atoms in total. The van der Waals surface area contributed by atoms with Gasteiger partial charge in [0.25, 0.3) is 5.91 Å². The number of benzene rings is 2. The van der Waals surface area contributed by atoms with E-state index in [0.29, 0.717) is 5.69 Å². The Morgan fingerprint density at radius 1 is 0.900 bits per heavy atom. The first-order valence-corrected chi connectivity index (χ1v) is 8.95. The van der Waals surface area contributed by atoms with Crippen LogP contribution in [0.1, 0.15) is 41.5 Å². The second-order valence-electron chi connectivity index (χ2n) is 7.22. The normalized spacial score (nSPS) is 10.7. The van der Waals surface area contributed by atoms with Crippen LogP contribution in [0.4, 0.5) is 16.2 Å². The van der Waals surface area contributed by atoms with Crippen LogP contribution in [0.15, 0.2) is 36.4 Å². The highest BCUT2D eigenvalue weighted by atomic mass is 16.6. The maximum atomic E-state index is 12.5. The van der Waals surface area contributed by atoms with E-state index in [4.69, 9.17) is 9.47 Å². The monoisotopic (exact) mass is 416 g/mol. The molecule has 0 saturated carbocycles. The number of amides is 2. The minimum absolute atomic E-state index is 0.113. The van der Waals surface area contributed by atoms with E-state index in [-0.39, 0.29) is 28.3 Å². The molecule has 0 heterocycles. The zero-order valence-electron chi connectivity index (χ0n) is 17.4. The average molecular weight is 416 g/mol. The van der Waals surface area contributed by atoms with E-state index in [9.17, 15) is 19.5 Å². The largest absolute Gasteiger partial charge is 0.506 e. The minimum atomic E-state index is -0.664. The first-order chi connectivity index (χ1) is 14.0. The van der Waals surface area contributed by atoms with Gasteiger partial charge in [0.15, 0.2) is 0 Å². The number of carbonyl (C=O) groups is 3. The van der Waals surface area contributed by atoms with Gasteiger partial charge in [-0.1, -0.05) is 0 Å². The Hall–Kier alpha value is -3.75. The van der Waals surface area contributed by atoms with E-state index in [2.05, 4.69) is 15.4 Å². The number of phenols is 1. The van der Waals surface area contributed by atoms with Crippen molar-refractivity contribution in [1.82, 2.24) is 0 Å². The smallest absolute Gasteiger partial charge is 0.412 e. The van der Waals surface area contributed by atoms with E-state index < -0.39 is 23.6 Å². The van der Waals surface area contributed by atoms with Crippen LogP contribution in [0.5, 0.6) is 11.5 Å². The summed E-state index contributed by atoms with van der Waals surface area (Å²) in [5.41, 5.74) is 0.143. The predicted molar refractivity (Wildman–Crippen MR) is 110 cm³/mol. The number of esters is 1. The SMILES string of the molecule is COC(=O)c1ccc(NC(=O)c2ccc(NC(=O)OC(C)(C)C)c(OC)c2)c(O)c1. The molecule has 0 aromatic heterocycles. The van der Waals surface area contributed by atoms with Crippen LogP contribution >= 0.6 is 0 Å². The van der Waals surface area contributed by atoms with Crippen LogP contribution in [-0.4, -0.2) is 42.9 Å². The first kappa shape index (κ1) is 22.5. The molecule has 0 bridgehead atoms. The van der Waals surface area contributed by atoms with Crippen molar-refractivity contribution in [2.75, 3.05) is 24.9 Å². The molecule has 2 aromatic carbocycles. The lowest BCUT2D eigenvalue weighted by Crippen LogP contribution is -2.27. The molecule has 0 aliphatic heterocycles. The molecule has 0 atom stereocenters. The molecule has 0 fully saturated rings. The molecule has 9 heteroatoms. The van der Waals surface area contributed by atoms with Gasteiger partial charge < -0.3 is 24.6 Å². The lowest BCUT2D eigenvalue weighted by molar-refractivity contribution is 0.0597. The molecule has 0 aliphatic rings. The van der Waals surface area contributed by atoms with E-state index in [1.807, 2.05) is 0 Å². The minimum Gasteiger partial charge on any atom is -0.506 e. The van der Waals surface area contributed by atoms with Crippen molar-refractivity contribution in [3.63, 3.8) is 0 Å². The van der Waals surface area contributed by atoms with Crippen LogP contribution in [0.3, 0.4) is 0 Å². The molecule has 0 saturated heterocycles. The van der Waals surface area contributed by atoms with E-state index in [0.717, 1.165) is 0 Å². The molecular weight excluding hydrogens is 392 g/mol. The number of methoxy groups -OCH3 is 2. The Balaban J connectivity index is 2.17. The Kier molecular flexibility index (Phi) is 6.89. The highest BCUT2D eigenvalue weighted by Crippen LogP contribution is 2.28. The van der Waals surface area contributed by atoms with Crippen LogP contribution < -0.4 is 15.4 Å². The molecular formula is C21H24N2O7. The number of phenolic OH excluding ortho intramolecular Hbond substituents is 1. The van der Waals surface area contributed by atoms with E-state index >= 15 is 0 Å². The van der Waals surface area contributed by atoms with Crippen molar-refractivity contribution in [3.8, 4) is 11.5 Å². The summed E-state index contributed by atoms with van der Waals surface area (Å²) in [6.07, 6.45) is -0.659. The second kappa shape index (κ2) is 9.17. The maximum Gasteiger partial charge on any atom is 0.412 e. The Morgan fingerprint density at radius 2 is 1.53 bits per heavy atom. The average Bonchev–Trinajstić information content (AvgIpc) is 2.67. The second-order valence-corrected chi connectivity index (χ2v) is 7.22. The van der Waals surface area contributed by atoms with E-state index in [1.54, 1.807) is 20.8 Å². The zero-order chi connectivity index (χ0) is 22.5. The molecule has 160 valence electrons. The standard InChI is InChI=1S/C21H24N2O7/c1-21(2,3)30-20(27)23-15-9-6-12(11-17(15)28-4)18(25)22-14-8-7-13(10-16(14)24)19(26)29-5/h6-11,24H,1-5H3,(H,22,25)(H,23,27). The molecule has 2 amide bonds. The van der Waals surface area contributed by atoms with Crippen LogP contribution in [0, 0.1) is 0 Å². The van der Waals surface area contributed by atoms with Gasteiger partial charge in [-0.2, -0.15) is 0 Å². The van der Waals surface area contributed by atoms with Gasteiger partial charge in [0.05, 0.1) is 31.2 Å². The zero-order valence-corrected chi connectivity index (χ0v) is 17.4. The quantitative estimate of drug-likeness (QED) is 0.500. The van der Waals surface area contributed by atoms with Gasteiger partial charge >= 0.3 is 12.1 Å². The van der Waals surface area contributed by atoms with Crippen molar-refractivity contribution < 1.29 is 33.7 Å². The van der Waals surface area contributed by atoms with E-state index in [1.165, 1.54) is 50.6 Å². The number of anilines is 2. The van der Waals surface area contributed by atoms with Gasteiger partial charge in [-0.25, -0.2) is 9.59 Å². The molecule has 0 radical (unpaired) electrons. The number of ether oxygens (including phenoxy) is 3. The number of hydrogen-bond acceptors (Lipinski definition) is 7. The summed E-state index contributed by atoms with van der Waals surface area (Å²) in [4.78, 5) is 36.0. The van der Waals surface area contributed by atoms with Crippen LogP contribution in [-0.2, 0) is 9.47 Å². The molecule has 0 spiro atoms. The lowest BCUT2D eigenvalue weighted by atomic mass is 10.1. The highest BCUT2D eigenvalue weighted by Gasteiger charge is 2.19. The molecule has 30 heavy (non-hydrogen) atoms. The molecule has 2 aromatic rings. The van der Waals surface area contributed by atoms with Gasteiger partial charge in [0, 0.05) is 5.56 Å². The third-order valence-corrected chi connectivity index (χ3v) is 3.77. The molecule has 0 aliphatic carbocycles. The fourth-order valence-corrected chi connectivity index (χ4v) is 2.43. The third-order valence-electron chi connectivity index (χ3n) is 3.77. The lowest BCUT2D eigenvalue weighted by Gasteiger charge is -2.20. The van der Waals surface area contributed by atoms with Gasteiger partial charge in [-0.05, 0) is 57.2 Å². The summed E-state index contributed by atoms with van der Waals surface area (Å²) in [5, 5.41) is 15.2. The topological polar surface area (TPSA) is 123 Å². The van der Waals surface area contributed by atoms with Crippen molar-refractivity contribution in [3.05, 3.63) is 47.5 Å². The molecule has 2 rings (SSSR count). The number of hydrogen-bond donors (Lipinski definition) is 3. The number of rotatable bonds is 5. The van der Waals surface area contributed by atoms with Gasteiger partial charge in [0.2, 0.25) is 0 Å². The van der Waals surface area contributed by atoms with Crippen molar-refractivity contribution >= 4 is 29.3 Å². The Morgan fingerprint density at radius 3 is 2.10 bits per heavy atom. The Labute approximate surface area is 173 Å². The maximum absolute atomic E-state index is 12.5. The summed E-state index contributed by atoms with van der Waals surface area (Å²) >= 11 is 0. The highest BCUT2D eigenvalue weighted by molar-refractivity contribution is 6.06. The number of aromatic hydroxyl groups is 1. The summed E-state index contributed by atoms with van der Waals surface area (Å²) in [5.74, 6) is -1.18. The number of nitrogens with one attached hydrogen (secondary N) is 2. The summed E-state index contributed by atoms with van der Waals surface area (Å²) in [6.45, 7) is 5.22. The van der Waals surface area contributed by atoms with Crippen molar-refractivity contribution in [1.29, 1.82) is 0 Å². The van der Waals surface area contributed by atoms with Crippen molar-refractivity contribution in [2.24, 2.45) is 0 Å². The number of carbonyl (C=O) groups excluding carboxylic acids is 3. The van der Waals surface area contributed by atoms with Gasteiger partial charge in [-0.3, -0.25) is 10.1 Å². The van der Waals surface area contributed by atoms with Crippen LogP contribution in [0.2, 0.25) is 0 Å². The summed E-state index contributed by atoms with van der Waals surface area (Å²) in [7, 11) is 2.62. The Bertz CT molecular complexity index is 964. The summed E-state index contributed by atoms with van der Waals surface area (Å²) in [6, 6.07) is 8.39. The van der Waals surface area contributed by atoms with Gasteiger partial charge in [0.1, 0.15) is 17.1 Å². The first-order valence-electron chi connectivity index (χ1n) is 8.95. The third kappa shape index (κ3) is 5.87. The van der Waals surface area contributed by atoms with Crippen molar-refractivity contribution in [2.45, 2.75) is 26.4 Å². The van der Waals surface area contributed by atoms with Crippen LogP contribution in [0.25, 0.3) is 0 Å².